The van der Waals surface area contributed by atoms with Crippen LogP contribution in [0.4, 0.5) is 5.69 Å². The Hall–Kier alpha value is -3.58. The van der Waals surface area contributed by atoms with E-state index in [1.165, 1.54) is 0 Å². The van der Waals surface area contributed by atoms with E-state index in [1.807, 2.05) is 42.5 Å². The molecule has 0 aliphatic heterocycles. The summed E-state index contributed by atoms with van der Waals surface area (Å²) in [6.45, 7) is 0.704. The van der Waals surface area contributed by atoms with Crippen LogP contribution in [-0.4, -0.2) is 21.3 Å². The lowest BCUT2D eigenvalue weighted by Crippen LogP contribution is -1.99. The Labute approximate surface area is 166 Å². The van der Waals surface area contributed by atoms with E-state index in [-0.39, 0.29) is 0 Å². The van der Waals surface area contributed by atoms with Gasteiger partial charge in [0.05, 0.1) is 26.9 Å². The van der Waals surface area contributed by atoms with Gasteiger partial charge in [-0.05, 0) is 59.2 Å². The van der Waals surface area contributed by atoms with Gasteiger partial charge in [0.15, 0.2) is 11.5 Å². The molecule has 4 nitrogen and oxygen atoms in total. The quantitative estimate of drug-likeness (QED) is 0.594. The van der Waals surface area contributed by atoms with Crippen LogP contribution >= 0.6 is 0 Å². The number of hydrogen-bond donors (Lipinski definition) is 1. The lowest BCUT2D eigenvalue weighted by molar-refractivity contribution is 0.354. The monoisotopic (exact) mass is 373 g/mol. The first-order valence-electron chi connectivity index (χ1n) is 8.88. The van der Waals surface area contributed by atoms with Gasteiger partial charge >= 0.3 is 0 Å². The van der Waals surface area contributed by atoms with E-state index in [2.05, 4.69) is 29.4 Å². The smallest absolute Gasteiger partial charge is 0.176 e. The molecule has 0 amide bonds. The fraction of sp³-hybridized carbons (Fsp3) is 0.167. The Morgan fingerprint density at radius 2 is 1.64 bits per heavy atom. The minimum absolute atomic E-state index is 0.575. The third kappa shape index (κ3) is 4.21. The van der Waals surface area contributed by atoms with Gasteiger partial charge in [-0.15, -0.1) is 6.42 Å². The van der Waals surface area contributed by atoms with Crippen LogP contribution in [0.1, 0.15) is 11.1 Å². The maximum Gasteiger partial charge on any atom is 0.176 e. The topological polar surface area (TPSA) is 39.7 Å². The van der Waals surface area contributed by atoms with Gasteiger partial charge in [0.2, 0.25) is 0 Å². The van der Waals surface area contributed by atoms with Gasteiger partial charge in [-0.25, -0.2) is 0 Å². The third-order valence-electron chi connectivity index (χ3n) is 4.48. The van der Waals surface area contributed by atoms with Crippen molar-refractivity contribution >= 4 is 5.69 Å². The van der Waals surface area contributed by atoms with Crippen molar-refractivity contribution in [3.05, 3.63) is 71.8 Å². The molecule has 0 aliphatic rings. The molecule has 28 heavy (non-hydrogen) atoms. The van der Waals surface area contributed by atoms with E-state index in [4.69, 9.17) is 20.6 Å². The van der Waals surface area contributed by atoms with Crippen molar-refractivity contribution in [2.24, 2.45) is 0 Å². The molecule has 3 rings (SSSR count). The highest BCUT2D eigenvalue weighted by Crippen LogP contribution is 2.36. The van der Waals surface area contributed by atoms with Crippen molar-refractivity contribution < 1.29 is 14.2 Å². The van der Waals surface area contributed by atoms with Crippen LogP contribution in [0.3, 0.4) is 0 Å². The Morgan fingerprint density at radius 3 is 2.29 bits per heavy atom. The fourth-order valence-corrected chi connectivity index (χ4v) is 3.01. The fourth-order valence-electron chi connectivity index (χ4n) is 3.01. The first kappa shape index (κ1) is 19.2. The van der Waals surface area contributed by atoms with Crippen molar-refractivity contribution in [2.75, 3.05) is 26.6 Å². The molecule has 0 aromatic heterocycles. The Morgan fingerprint density at radius 1 is 0.857 bits per heavy atom. The van der Waals surface area contributed by atoms with Crippen molar-refractivity contribution in [1.82, 2.24) is 0 Å². The molecule has 3 aromatic carbocycles. The van der Waals surface area contributed by atoms with Crippen molar-refractivity contribution in [3.8, 4) is 40.7 Å². The Balaban J connectivity index is 1.83. The summed E-state index contributed by atoms with van der Waals surface area (Å²) in [7, 11) is 4.86. The zero-order chi connectivity index (χ0) is 19.9. The highest BCUT2D eigenvalue weighted by atomic mass is 16.5. The summed E-state index contributed by atoms with van der Waals surface area (Å²) < 4.78 is 16.0. The van der Waals surface area contributed by atoms with Crippen LogP contribution in [0, 0.1) is 12.3 Å². The predicted molar refractivity (Wildman–Crippen MR) is 113 cm³/mol. The Bertz CT molecular complexity index is 988. The molecule has 1 N–H and O–H groups in total. The van der Waals surface area contributed by atoms with Crippen LogP contribution in [0.2, 0.25) is 0 Å². The average Bonchev–Trinajstić information content (AvgIpc) is 2.77. The van der Waals surface area contributed by atoms with E-state index in [0.717, 1.165) is 28.1 Å². The summed E-state index contributed by atoms with van der Waals surface area (Å²) in [6, 6.07) is 20.1. The lowest BCUT2D eigenvalue weighted by Gasteiger charge is -2.13. The maximum atomic E-state index is 5.65. The van der Waals surface area contributed by atoms with E-state index < -0.39 is 0 Å². The van der Waals surface area contributed by atoms with E-state index in [9.17, 15) is 0 Å². The number of anilines is 1. The van der Waals surface area contributed by atoms with Crippen molar-refractivity contribution in [2.45, 2.75) is 6.54 Å². The second kappa shape index (κ2) is 8.88. The van der Waals surface area contributed by atoms with Gasteiger partial charge in [-0.3, -0.25) is 0 Å². The molecule has 0 heterocycles. The van der Waals surface area contributed by atoms with E-state index in [1.54, 1.807) is 21.3 Å². The highest BCUT2D eigenvalue weighted by molar-refractivity contribution is 5.72. The summed E-state index contributed by atoms with van der Waals surface area (Å²) in [5, 5.41) is 3.42. The molecule has 0 saturated carbocycles. The molecule has 0 saturated heterocycles. The van der Waals surface area contributed by atoms with E-state index in [0.29, 0.717) is 23.6 Å². The molecule has 0 unspecified atom stereocenters. The zero-order valence-electron chi connectivity index (χ0n) is 16.3. The highest BCUT2D eigenvalue weighted by Gasteiger charge is 2.12. The predicted octanol–water partition coefficient (Wildman–Crippen LogP) is 4.97. The molecule has 0 spiro atoms. The molecule has 3 aromatic rings. The molecular formula is C24H23NO3. The van der Waals surface area contributed by atoms with Crippen LogP contribution in [-0.2, 0) is 6.54 Å². The molecule has 0 aliphatic carbocycles. The molecule has 4 heteroatoms. The third-order valence-corrected chi connectivity index (χ3v) is 4.48. The number of hydrogen-bond acceptors (Lipinski definition) is 4. The molecule has 0 atom stereocenters. The summed E-state index contributed by atoms with van der Waals surface area (Å²) in [4.78, 5) is 0. The maximum absolute atomic E-state index is 5.65. The van der Waals surface area contributed by atoms with Crippen LogP contribution in [0.15, 0.2) is 60.7 Å². The van der Waals surface area contributed by atoms with Gasteiger partial charge < -0.3 is 19.5 Å². The summed E-state index contributed by atoms with van der Waals surface area (Å²) in [6.07, 6.45) is 5.65. The molecule has 142 valence electrons. The first-order chi connectivity index (χ1) is 13.7. The minimum atomic E-state index is 0.575. The van der Waals surface area contributed by atoms with Gasteiger partial charge in [-0.2, -0.15) is 0 Å². The molecular weight excluding hydrogens is 350 g/mol. The number of ether oxygens (including phenoxy) is 3. The number of methoxy groups -OCH3 is 3. The van der Waals surface area contributed by atoms with Gasteiger partial charge in [0.1, 0.15) is 5.75 Å². The standard InChI is InChI=1S/C24H23NO3/c1-5-18-14-20(15-23(27-3)24(18)28-4)19-8-6-7-17(13-19)16-25-21-9-11-22(26-2)12-10-21/h1,6-15,25H,16H2,2-4H3. The van der Waals surface area contributed by atoms with Gasteiger partial charge in [0, 0.05) is 12.2 Å². The number of terminal acetylenes is 1. The largest absolute Gasteiger partial charge is 0.497 e. The second-order valence-corrected chi connectivity index (χ2v) is 6.19. The normalized spacial score (nSPS) is 10.1. The Kier molecular flexibility index (Phi) is 6.08. The van der Waals surface area contributed by atoms with E-state index >= 15 is 0 Å². The second-order valence-electron chi connectivity index (χ2n) is 6.19. The number of benzene rings is 3. The van der Waals surface area contributed by atoms with Crippen molar-refractivity contribution in [3.63, 3.8) is 0 Å². The van der Waals surface area contributed by atoms with Crippen LogP contribution < -0.4 is 19.5 Å². The number of nitrogens with one attached hydrogen (secondary N) is 1. The van der Waals surface area contributed by atoms with Crippen LogP contribution in [0.5, 0.6) is 17.2 Å². The molecule has 0 radical (unpaired) electrons. The summed E-state index contributed by atoms with van der Waals surface area (Å²) in [5.41, 5.74) is 4.90. The van der Waals surface area contributed by atoms with Gasteiger partial charge in [-0.1, -0.05) is 24.1 Å². The van der Waals surface area contributed by atoms with Crippen LogP contribution in [0.25, 0.3) is 11.1 Å². The lowest BCUT2D eigenvalue weighted by atomic mass is 10.00. The van der Waals surface area contributed by atoms with Gasteiger partial charge in [0.25, 0.3) is 0 Å². The first-order valence-corrected chi connectivity index (χ1v) is 8.88. The van der Waals surface area contributed by atoms with Crippen molar-refractivity contribution in [1.29, 1.82) is 0 Å². The SMILES string of the molecule is C#Cc1cc(-c2cccc(CNc3ccc(OC)cc3)c2)cc(OC)c1OC. The summed E-state index contributed by atoms with van der Waals surface area (Å²) in [5.74, 6) is 4.71. The summed E-state index contributed by atoms with van der Waals surface area (Å²) >= 11 is 0. The minimum Gasteiger partial charge on any atom is -0.497 e. The molecule has 0 bridgehead atoms. The molecule has 0 fully saturated rings. The number of rotatable bonds is 7. The zero-order valence-corrected chi connectivity index (χ0v) is 16.3. The average molecular weight is 373 g/mol.